The molecule has 0 radical (unpaired) electrons. The first-order valence-electron chi connectivity index (χ1n) is 11.2. The summed E-state index contributed by atoms with van der Waals surface area (Å²) < 4.78 is 18.5. The first-order valence-corrected chi connectivity index (χ1v) is 11.2. The Labute approximate surface area is 193 Å². The van der Waals surface area contributed by atoms with Crippen LogP contribution < -0.4 is 10.2 Å². The van der Waals surface area contributed by atoms with Gasteiger partial charge in [-0.15, -0.1) is 0 Å². The number of carbonyl (C=O) groups is 2. The van der Waals surface area contributed by atoms with Gasteiger partial charge in [-0.25, -0.2) is 4.39 Å². The number of nitrogens with one attached hydrogen (secondary N) is 1. The van der Waals surface area contributed by atoms with Gasteiger partial charge in [0.1, 0.15) is 11.5 Å². The number of amides is 2. The standard InChI is InChI=1S/C25H29FN4O3/c1-3-28-12-14-29(15-13-28)21-10-8-20(9-11-21)27-23-22(18-4-6-19(26)7-5-18)24(31)30(25(23)32)16-17-33-2/h4-11,27H,3,12-17H2,1-2H3. The fourth-order valence-electron chi connectivity index (χ4n) is 4.18. The van der Waals surface area contributed by atoms with Crippen LogP contribution in [0.5, 0.6) is 0 Å². The summed E-state index contributed by atoms with van der Waals surface area (Å²) in [5.41, 5.74) is 2.74. The van der Waals surface area contributed by atoms with Gasteiger partial charge in [0.2, 0.25) is 0 Å². The predicted molar refractivity (Wildman–Crippen MR) is 126 cm³/mol. The Hall–Kier alpha value is -3.23. The quantitative estimate of drug-likeness (QED) is 0.622. The van der Waals surface area contributed by atoms with Gasteiger partial charge in [0.05, 0.1) is 18.7 Å². The second-order valence-corrected chi connectivity index (χ2v) is 8.10. The molecule has 33 heavy (non-hydrogen) atoms. The van der Waals surface area contributed by atoms with E-state index in [9.17, 15) is 14.0 Å². The van der Waals surface area contributed by atoms with Crippen molar-refractivity contribution in [2.75, 3.05) is 63.2 Å². The maximum atomic E-state index is 13.5. The molecule has 2 aliphatic heterocycles. The van der Waals surface area contributed by atoms with Crippen LogP contribution in [0.15, 0.2) is 54.2 Å². The SMILES string of the molecule is CCN1CCN(c2ccc(NC3=C(c4ccc(F)cc4)C(=O)N(CCOC)C3=O)cc2)CC1. The number of nitrogens with zero attached hydrogens (tertiary/aromatic N) is 3. The van der Waals surface area contributed by atoms with E-state index in [0.29, 0.717) is 11.3 Å². The fraction of sp³-hybridized carbons (Fsp3) is 0.360. The second-order valence-electron chi connectivity index (χ2n) is 8.10. The maximum absolute atomic E-state index is 13.5. The van der Waals surface area contributed by atoms with Crippen molar-refractivity contribution in [1.82, 2.24) is 9.80 Å². The van der Waals surface area contributed by atoms with Crippen LogP contribution in [0.3, 0.4) is 0 Å². The minimum absolute atomic E-state index is 0.146. The fourth-order valence-corrected chi connectivity index (χ4v) is 4.18. The Morgan fingerprint density at radius 2 is 1.61 bits per heavy atom. The number of benzene rings is 2. The van der Waals surface area contributed by atoms with E-state index < -0.39 is 17.6 Å². The molecule has 0 atom stereocenters. The normalized spacial score (nSPS) is 17.3. The van der Waals surface area contributed by atoms with Crippen molar-refractivity contribution in [3.05, 3.63) is 65.6 Å². The third-order valence-corrected chi connectivity index (χ3v) is 6.14. The summed E-state index contributed by atoms with van der Waals surface area (Å²) in [6.45, 7) is 7.65. The first kappa shape index (κ1) is 22.9. The number of imide groups is 1. The van der Waals surface area contributed by atoms with Crippen LogP contribution in [0.2, 0.25) is 0 Å². The highest BCUT2D eigenvalue weighted by molar-refractivity contribution is 6.36. The van der Waals surface area contributed by atoms with Crippen LogP contribution in [-0.4, -0.2) is 74.6 Å². The molecule has 7 nitrogen and oxygen atoms in total. The van der Waals surface area contributed by atoms with E-state index in [0.717, 1.165) is 43.3 Å². The Bertz CT molecular complexity index is 1030. The van der Waals surface area contributed by atoms with Crippen LogP contribution >= 0.6 is 0 Å². The molecule has 0 aliphatic carbocycles. The van der Waals surface area contributed by atoms with Crippen LogP contribution in [0.25, 0.3) is 5.57 Å². The van der Waals surface area contributed by atoms with Gasteiger partial charge in [-0.2, -0.15) is 0 Å². The lowest BCUT2D eigenvalue weighted by Gasteiger charge is -2.35. The lowest BCUT2D eigenvalue weighted by molar-refractivity contribution is -0.137. The molecule has 0 spiro atoms. The third-order valence-electron chi connectivity index (χ3n) is 6.14. The first-order chi connectivity index (χ1) is 16.0. The summed E-state index contributed by atoms with van der Waals surface area (Å²) in [7, 11) is 1.52. The number of rotatable bonds is 8. The van der Waals surface area contributed by atoms with Crippen molar-refractivity contribution < 1.29 is 18.7 Å². The number of carbonyl (C=O) groups excluding carboxylic acids is 2. The Morgan fingerprint density at radius 1 is 0.939 bits per heavy atom. The van der Waals surface area contributed by atoms with E-state index in [4.69, 9.17) is 4.74 Å². The van der Waals surface area contributed by atoms with E-state index >= 15 is 0 Å². The molecule has 4 rings (SSSR count). The van der Waals surface area contributed by atoms with Gasteiger partial charge in [0, 0.05) is 44.7 Å². The number of piperazine rings is 1. The molecule has 8 heteroatoms. The summed E-state index contributed by atoms with van der Waals surface area (Å²) in [4.78, 5) is 32.1. The van der Waals surface area contributed by atoms with Crippen LogP contribution in [0.4, 0.5) is 15.8 Å². The van der Waals surface area contributed by atoms with Gasteiger partial charge in [0.25, 0.3) is 11.8 Å². The molecule has 1 fully saturated rings. The average Bonchev–Trinajstić information content (AvgIpc) is 3.07. The van der Waals surface area contributed by atoms with Gasteiger partial charge >= 0.3 is 0 Å². The summed E-state index contributed by atoms with van der Waals surface area (Å²) in [6.07, 6.45) is 0. The summed E-state index contributed by atoms with van der Waals surface area (Å²) in [5.74, 6) is -1.25. The van der Waals surface area contributed by atoms with Crippen LogP contribution in [0.1, 0.15) is 12.5 Å². The zero-order valence-corrected chi connectivity index (χ0v) is 19.0. The molecule has 2 aromatic rings. The number of likely N-dealkylation sites (N-methyl/N-ethyl adjacent to an activating group) is 1. The van der Waals surface area contributed by atoms with Crippen molar-refractivity contribution in [3.63, 3.8) is 0 Å². The van der Waals surface area contributed by atoms with Crippen molar-refractivity contribution in [3.8, 4) is 0 Å². The zero-order valence-electron chi connectivity index (χ0n) is 19.0. The molecule has 2 aromatic carbocycles. The Morgan fingerprint density at radius 3 is 2.21 bits per heavy atom. The number of hydrogen-bond donors (Lipinski definition) is 1. The van der Waals surface area contributed by atoms with Gasteiger partial charge < -0.3 is 19.9 Å². The molecule has 2 aliphatic rings. The van der Waals surface area contributed by atoms with E-state index in [1.165, 1.54) is 31.4 Å². The molecule has 1 saturated heterocycles. The number of anilines is 2. The smallest absolute Gasteiger partial charge is 0.278 e. The molecular formula is C25H29FN4O3. The van der Waals surface area contributed by atoms with Gasteiger partial charge in [-0.05, 0) is 48.5 Å². The number of hydrogen-bond acceptors (Lipinski definition) is 6. The maximum Gasteiger partial charge on any atom is 0.278 e. The van der Waals surface area contributed by atoms with Gasteiger partial charge in [-0.3, -0.25) is 14.5 Å². The number of halogens is 1. The van der Waals surface area contributed by atoms with E-state index in [-0.39, 0.29) is 24.4 Å². The van der Waals surface area contributed by atoms with Crippen molar-refractivity contribution in [2.45, 2.75) is 6.92 Å². The third kappa shape index (κ3) is 4.91. The monoisotopic (exact) mass is 452 g/mol. The Kier molecular flexibility index (Phi) is 7.05. The highest BCUT2D eigenvalue weighted by atomic mass is 19.1. The number of ether oxygens (including phenoxy) is 1. The van der Waals surface area contributed by atoms with E-state index in [1.807, 2.05) is 24.3 Å². The minimum atomic E-state index is -0.420. The molecule has 0 aromatic heterocycles. The lowest BCUT2D eigenvalue weighted by atomic mass is 10.0. The highest BCUT2D eigenvalue weighted by Gasteiger charge is 2.39. The van der Waals surface area contributed by atoms with Crippen LogP contribution in [-0.2, 0) is 14.3 Å². The molecule has 1 N–H and O–H groups in total. The molecule has 2 amide bonds. The van der Waals surface area contributed by atoms with Crippen molar-refractivity contribution in [2.24, 2.45) is 0 Å². The molecule has 0 saturated carbocycles. The minimum Gasteiger partial charge on any atom is -0.383 e. The molecule has 0 unspecified atom stereocenters. The van der Waals surface area contributed by atoms with Gasteiger partial charge in [-0.1, -0.05) is 19.1 Å². The van der Waals surface area contributed by atoms with Crippen molar-refractivity contribution >= 4 is 28.8 Å². The predicted octanol–water partition coefficient (Wildman–Crippen LogP) is 2.81. The average molecular weight is 453 g/mol. The molecule has 174 valence electrons. The van der Waals surface area contributed by atoms with E-state index in [2.05, 4.69) is 22.0 Å². The van der Waals surface area contributed by atoms with Gasteiger partial charge in [0.15, 0.2) is 0 Å². The molecular weight excluding hydrogens is 423 g/mol. The molecule has 0 bridgehead atoms. The number of methoxy groups -OCH3 is 1. The van der Waals surface area contributed by atoms with Crippen LogP contribution in [0, 0.1) is 5.82 Å². The zero-order chi connectivity index (χ0) is 23.4. The van der Waals surface area contributed by atoms with Crippen molar-refractivity contribution in [1.29, 1.82) is 0 Å². The largest absolute Gasteiger partial charge is 0.383 e. The highest BCUT2D eigenvalue weighted by Crippen LogP contribution is 2.31. The van der Waals surface area contributed by atoms with E-state index in [1.54, 1.807) is 0 Å². The summed E-state index contributed by atoms with van der Waals surface area (Å²) >= 11 is 0. The summed E-state index contributed by atoms with van der Waals surface area (Å²) in [6, 6.07) is 13.4. The molecule has 2 heterocycles. The Balaban J connectivity index is 1.57. The topological polar surface area (TPSA) is 65.1 Å². The second kappa shape index (κ2) is 10.1. The lowest BCUT2D eigenvalue weighted by Crippen LogP contribution is -2.46. The summed E-state index contributed by atoms with van der Waals surface area (Å²) in [5, 5.41) is 3.14.